The molecular weight excluding hydrogens is 414 g/mol. The third-order valence-electron chi connectivity index (χ3n) is 4.39. The SMILES string of the molecule is NC(=O)c1c(NC(=O)COC(=O)CCNC(=O)c2cccs2)sc2c1CCCC2. The summed E-state index contributed by atoms with van der Waals surface area (Å²) in [6, 6.07) is 3.45. The quantitative estimate of drug-likeness (QED) is 0.547. The Hall–Kier alpha value is -2.72. The van der Waals surface area contributed by atoms with E-state index in [0.29, 0.717) is 15.4 Å². The highest BCUT2D eigenvalue weighted by Gasteiger charge is 2.25. The van der Waals surface area contributed by atoms with Gasteiger partial charge in [0.05, 0.1) is 16.9 Å². The number of rotatable bonds is 8. The van der Waals surface area contributed by atoms with Crippen LogP contribution in [0.25, 0.3) is 0 Å². The van der Waals surface area contributed by atoms with Gasteiger partial charge in [-0.2, -0.15) is 0 Å². The van der Waals surface area contributed by atoms with Crippen LogP contribution in [0.5, 0.6) is 0 Å². The number of fused-ring (bicyclic) bond motifs is 1. The van der Waals surface area contributed by atoms with Crippen molar-refractivity contribution in [1.29, 1.82) is 0 Å². The van der Waals surface area contributed by atoms with E-state index >= 15 is 0 Å². The molecule has 0 atom stereocenters. The van der Waals surface area contributed by atoms with Crippen LogP contribution in [0.15, 0.2) is 17.5 Å². The van der Waals surface area contributed by atoms with E-state index in [1.54, 1.807) is 17.5 Å². The molecule has 10 heteroatoms. The highest BCUT2D eigenvalue weighted by atomic mass is 32.1. The molecule has 0 bridgehead atoms. The minimum absolute atomic E-state index is 0.0514. The normalized spacial score (nSPS) is 12.7. The van der Waals surface area contributed by atoms with Gasteiger partial charge in [0.1, 0.15) is 5.00 Å². The van der Waals surface area contributed by atoms with Gasteiger partial charge in [-0.3, -0.25) is 19.2 Å². The second kappa shape index (κ2) is 9.66. The number of aryl methyl sites for hydroxylation is 1. The van der Waals surface area contributed by atoms with Crippen LogP contribution in [0.2, 0.25) is 0 Å². The predicted octanol–water partition coefficient (Wildman–Crippen LogP) is 2.09. The first-order valence-electron chi connectivity index (χ1n) is 9.17. The molecule has 0 fully saturated rings. The van der Waals surface area contributed by atoms with Gasteiger partial charge in [-0.05, 0) is 42.7 Å². The Labute approximate surface area is 175 Å². The number of carbonyl (C=O) groups is 4. The third kappa shape index (κ3) is 5.42. The molecule has 0 aromatic carbocycles. The molecule has 0 spiro atoms. The largest absolute Gasteiger partial charge is 0.456 e. The summed E-state index contributed by atoms with van der Waals surface area (Å²) in [5.41, 5.74) is 6.77. The molecule has 0 unspecified atom stereocenters. The molecule has 3 rings (SSSR count). The van der Waals surface area contributed by atoms with Crippen LogP contribution in [-0.4, -0.2) is 36.8 Å². The summed E-state index contributed by atoms with van der Waals surface area (Å²) in [4.78, 5) is 49.1. The molecule has 29 heavy (non-hydrogen) atoms. The summed E-state index contributed by atoms with van der Waals surface area (Å²) < 4.78 is 4.94. The first-order chi connectivity index (χ1) is 14.0. The van der Waals surface area contributed by atoms with Gasteiger partial charge in [-0.25, -0.2) is 0 Å². The van der Waals surface area contributed by atoms with Crippen molar-refractivity contribution in [3.8, 4) is 0 Å². The maximum atomic E-state index is 12.1. The Morgan fingerprint density at radius 3 is 2.69 bits per heavy atom. The molecule has 0 saturated heterocycles. The second-order valence-corrected chi connectivity index (χ2v) is 8.52. The molecule has 154 valence electrons. The number of carbonyl (C=O) groups excluding carboxylic acids is 4. The Kier molecular flexibility index (Phi) is 6.99. The van der Waals surface area contributed by atoms with Crippen molar-refractivity contribution in [2.45, 2.75) is 32.1 Å². The van der Waals surface area contributed by atoms with E-state index in [1.807, 2.05) is 0 Å². The van der Waals surface area contributed by atoms with Gasteiger partial charge < -0.3 is 21.1 Å². The van der Waals surface area contributed by atoms with Gasteiger partial charge in [0.15, 0.2) is 6.61 Å². The maximum Gasteiger partial charge on any atom is 0.308 e. The number of hydrogen-bond acceptors (Lipinski definition) is 7. The minimum Gasteiger partial charge on any atom is -0.456 e. The molecule has 8 nitrogen and oxygen atoms in total. The lowest BCUT2D eigenvalue weighted by Crippen LogP contribution is -2.27. The minimum atomic E-state index is -0.604. The fourth-order valence-corrected chi connectivity index (χ4v) is 5.02. The van der Waals surface area contributed by atoms with E-state index in [0.717, 1.165) is 36.1 Å². The van der Waals surface area contributed by atoms with E-state index in [9.17, 15) is 19.2 Å². The van der Waals surface area contributed by atoms with E-state index in [1.165, 1.54) is 22.7 Å². The summed E-state index contributed by atoms with van der Waals surface area (Å²) in [5.74, 6) is -1.97. The molecule has 1 aliphatic rings. The van der Waals surface area contributed by atoms with Gasteiger partial charge >= 0.3 is 5.97 Å². The van der Waals surface area contributed by atoms with Crippen LogP contribution in [0.3, 0.4) is 0 Å². The zero-order valence-corrected chi connectivity index (χ0v) is 17.2. The number of thiophene rings is 2. The molecule has 2 heterocycles. The van der Waals surface area contributed by atoms with Crippen molar-refractivity contribution in [3.63, 3.8) is 0 Å². The summed E-state index contributed by atoms with van der Waals surface area (Å²) in [6.07, 6.45) is 3.61. The standard InChI is InChI=1S/C19H21N3O5S2/c20-17(25)16-11-4-1-2-5-12(11)29-19(16)22-14(23)10-27-15(24)7-8-21-18(26)13-6-3-9-28-13/h3,6,9H,1-2,4-5,7-8,10H2,(H2,20,25)(H,21,26)(H,22,23). The Morgan fingerprint density at radius 1 is 1.17 bits per heavy atom. The zero-order chi connectivity index (χ0) is 20.8. The van der Waals surface area contributed by atoms with Gasteiger partial charge in [-0.1, -0.05) is 6.07 Å². The number of anilines is 1. The maximum absolute atomic E-state index is 12.1. The lowest BCUT2D eigenvalue weighted by Gasteiger charge is -2.11. The molecular formula is C19H21N3O5S2. The van der Waals surface area contributed by atoms with Crippen molar-refractivity contribution in [2.75, 3.05) is 18.5 Å². The van der Waals surface area contributed by atoms with Crippen LogP contribution in [0.4, 0.5) is 5.00 Å². The van der Waals surface area contributed by atoms with Crippen molar-refractivity contribution >= 4 is 51.4 Å². The lowest BCUT2D eigenvalue weighted by atomic mass is 9.95. The zero-order valence-electron chi connectivity index (χ0n) is 15.6. The fraction of sp³-hybridized carbons (Fsp3) is 0.368. The molecule has 0 saturated carbocycles. The first kappa shape index (κ1) is 21.0. The second-order valence-electron chi connectivity index (χ2n) is 6.47. The monoisotopic (exact) mass is 435 g/mol. The third-order valence-corrected chi connectivity index (χ3v) is 6.47. The molecule has 4 N–H and O–H groups in total. The van der Waals surface area contributed by atoms with Crippen molar-refractivity contribution in [1.82, 2.24) is 5.32 Å². The Morgan fingerprint density at radius 2 is 1.97 bits per heavy atom. The highest BCUT2D eigenvalue weighted by Crippen LogP contribution is 2.37. The van der Waals surface area contributed by atoms with Crippen LogP contribution in [0.1, 0.15) is 49.7 Å². The summed E-state index contributed by atoms with van der Waals surface area (Å²) >= 11 is 2.65. The van der Waals surface area contributed by atoms with Gasteiger partial charge in [0.2, 0.25) is 0 Å². The molecule has 0 radical (unpaired) electrons. The van der Waals surface area contributed by atoms with Crippen LogP contribution < -0.4 is 16.4 Å². The predicted molar refractivity (Wildman–Crippen MR) is 110 cm³/mol. The average Bonchev–Trinajstić information content (AvgIpc) is 3.33. The molecule has 2 aromatic rings. The van der Waals surface area contributed by atoms with Crippen LogP contribution >= 0.6 is 22.7 Å². The Balaban J connectivity index is 1.45. The lowest BCUT2D eigenvalue weighted by molar-refractivity contribution is -0.147. The number of amides is 3. The summed E-state index contributed by atoms with van der Waals surface area (Å²) in [5, 5.41) is 7.44. The number of nitrogens with one attached hydrogen (secondary N) is 2. The van der Waals surface area contributed by atoms with Gasteiger partial charge in [-0.15, -0.1) is 22.7 Å². The molecule has 2 aromatic heterocycles. The number of esters is 1. The van der Waals surface area contributed by atoms with E-state index in [2.05, 4.69) is 10.6 Å². The van der Waals surface area contributed by atoms with E-state index in [-0.39, 0.29) is 18.9 Å². The number of nitrogens with two attached hydrogens (primary N) is 1. The fourth-order valence-electron chi connectivity index (χ4n) is 3.07. The van der Waals surface area contributed by atoms with Gasteiger partial charge in [0.25, 0.3) is 17.7 Å². The smallest absolute Gasteiger partial charge is 0.308 e. The number of primary amides is 1. The van der Waals surface area contributed by atoms with E-state index in [4.69, 9.17) is 10.5 Å². The van der Waals surface area contributed by atoms with Crippen molar-refractivity contribution in [2.24, 2.45) is 5.73 Å². The van der Waals surface area contributed by atoms with Crippen molar-refractivity contribution in [3.05, 3.63) is 38.4 Å². The summed E-state index contributed by atoms with van der Waals surface area (Å²) in [7, 11) is 0. The van der Waals surface area contributed by atoms with Crippen LogP contribution in [-0.2, 0) is 27.2 Å². The van der Waals surface area contributed by atoms with Crippen molar-refractivity contribution < 1.29 is 23.9 Å². The highest BCUT2D eigenvalue weighted by molar-refractivity contribution is 7.17. The topological polar surface area (TPSA) is 128 Å². The average molecular weight is 436 g/mol. The van der Waals surface area contributed by atoms with Gasteiger partial charge in [0, 0.05) is 11.4 Å². The van der Waals surface area contributed by atoms with Crippen LogP contribution in [0, 0.1) is 0 Å². The molecule has 3 amide bonds. The summed E-state index contributed by atoms with van der Waals surface area (Å²) in [6.45, 7) is -0.362. The molecule has 0 aliphatic heterocycles. The Bertz CT molecular complexity index is 921. The van der Waals surface area contributed by atoms with E-state index < -0.39 is 24.4 Å². The number of hydrogen-bond donors (Lipinski definition) is 3. The first-order valence-corrected chi connectivity index (χ1v) is 10.9. The number of ether oxygens (including phenoxy) is 1. The molecule has 1 aliphatic carbocycles.